The molecule has 4 rings (SSSR count). The Hall–Kier alpha value is -2.93. The lowest BCUT2D eigenvalue weighted by atomic mass is 9.74. The van der Waals surface area contributed by atoms with E-state index in [1.165, 1.54) is 23.8 Å². The molecule has 2 fully saturated rings. The predicted molar refractivity (Wildman–Crippen MR) is 142 cm³/mol. The summed E-state index contributed by atoms with van der Waals surface area (Å²) in [7, 11) is 0. The predicted octanol–water partition coefficient (Wildman–Crippen LogP) is 6.62. The van der Waals surface area contributed by atoms with Crippen LogP contribution in [0.3, 0.4) is 0 Å². The highest BCUT2D eigenvalue weighted by Gasteiger charge is 2.49. The summed E-state index contributed by atoms with van der Waals surface area (Å²) < 4.78 is 13.3. The van der Waals surface area contributed by atoms with Crippen molar-refractivity contribution in [1.82, 2.24) is 10.2 Å². The molecule has 0 spiro atoms. The highest BCUT2D eigenvalue weighted by molar-refractivity contribution is 6.30. The quantitative estimate of drug-likeness (QED) is 0.250. The summed E-state index contributed by atoms with van der Waals surface area (Å²) in [5.41, 5.74) is 10.1. The minimum atomic E-state index is -0.702. The maximum absolute atomic E-state index is 13.6. The fourth-order valence-electron chi connectivity index (χ4n) is 6.05. The van der Waals surface area contributed by atoms with Gasteiger partial charge in [0.1, 0.15) is 5.82 Å². The van der Waals surface area contributed by atoms with Crippen LogP contribution in [-0.2, 0) is 11.3 Å². The monoisotopic (exact) mass is 525 g/mol. The van der Waals surface area contributed by atoms with E-state index in [0.29, 0.717) is 22.5 Å². The molecule has 1 aliphatic heterocycles. The molecule has 2 unspecified atom stereocenters. The lowest BCUT2D eigenvalue weighted by Crippen LogP contribution is -2.45. The second-order valence-electron chi connectivity index (χ2n) is 10.5. The number of halogens is 2. The standard InChI is InChI=1S/C28H33ClFN5O2/c1-18(2)28(27(37)32-17-21-15-22(29)5-8-25(21)26(36)33-34-31)12-9-24(16-28)35-13-10-20(11-14-35)19-3-6-23(30)7-4-19/h3-8,15,18,20,24H,9-14,16-17H2,1-2H3,(H,32,37). The zero-order chi connectivity index (χ0) is 26.6. The van der Waals surface area contributed by atoms with Crippen LogP contribution in [0, 0.1) is 17.2 Å². The smallest absolute Gasteiger partial charge is 0.249 e. The van der Waals surface area contributed by atoms with E-state index in [-0.39, 0.29) is 29.8 Å². The van der Waals surface area contributed by atoms with Gasteiger partial charge in [0.25, 0.3) is 0 Å². The minimum absolute atomic E-state index is 0.0200. The maximum Gasteiger partial charge on any atom is 0.249 e. The normalized spacial score (nSPS) is 22.6. The van der Waals surface area contributed by atoms with Crippen molar-refractivity contribution in [1.29, 1.82) is 0 Å². The van der Waals surface area contributed by atoms with Crippen LogP contribution in [-0.4, -0.2) is 35.8 Å². The first-order chi connectivity index (χ1) is 17.7. The average molecular weight is 526 g/mol. The summed E-state index contributed by atoms with van der Waals surface area (Å²) in [5.74, 6) is -0.334. The molecule has 0 radical (unpaired) electrons. The molecular formula is C28H33ClFN5O2. The van der Waals surface area contributed by atoms with Crippen LogP contribution in [0.25, 0.3) is 10.4 Å². The topological polar surface area (TPSA) is 98.2 Å². The van der Waals surface area contributed by atoms with Crippen LogP contribution in [0.4, 0.5) is 4.39 Å². The van der Waals surface area contributed by atoms with E-state index < -0.39 is 11.3 Å². The Balaban J connectivity index is 1.40. The van der Waals surface area contributed by atoms with Gasteiger partial charge in [-0.1, -0.05) is 37.6 Å². The first-order valence-corrected chi connectivity index (χ1v) is 13.3. The molecule has 2 aromatic carbocycles. The van der Waals surface area contributed by atoms with E-state index in [9.17, 15) is 14.0 Å². The van der Waals surface area contributed by atoms with Crippen LogP contribution in [0.2, 0.25) is 5.02 Å². The molecular weight excluding hydrogens is 493 g/mol. The van der Waals surface area contributed by atoms with Crippen molar-refractivity contribution >= 4 is 23.4 Å². The molecule has 1 heterocycles. The summed E-state index contributed by atoms with van der Waals surface area (Å²) in [4.78, 5) is 30.9. The molecule has 1 aliphatic carbocycles. The van der Waals surface area contributed by atoms with Crippen molar-refractivity contribution < 1.29 is 14.0 Å². The van der Waals surface area contributed by atoms with Gasteiger partial charge in [-0.2, -0.15) is 0 Å². The summed E-state index contributed by atoms with van der Waals surface area (Å²) in [5, 5.41) is 6.67. The number of likely N-dealkylation sites (tertiary alicyclic amines) is 1. The van der Waals surface area contributed by atoms with Gasteiger partial charge in [-0.15, -0.1) is 0 Å². The van der Waals surface area contributed by atoms with Crippen molar-refractivity contribution in [3.63, 3.8) is 0 Å². The van der Waals surface area contributed by atoms with E-state index >= 15 is 0 Å². The molecule has 0 aromatic heterocycles. The summed E-state index contributed by atoms with van der Waals surface area (Å²) in [6.07, 6.45) is 4.61. The molecule has 2 aliphatic rings. The lowest BCUT2D eigenvalue weighted by molar-refractivity contribution is -0.133. The molecule has 7 nitrogen and oxygen atoms in total. The number of rotatable bonds is 7. The third-order valence-electron chi connectivity index (χ3n) is 8.34. The minimum Gasteiger partial charge on any atom is -0.352 e. The number of nitrogens with zero attached hydrogens (tertiary/aromatic N) is 4. The van der Waals surface area contributed by atoms with E-state index in [4.69, 9.17) is 17.1 Å². The van der Waals surface area contributed by atoms with Crippen LogP contribution in [0.1, 0.15) is 73.4 Å². The highest BCUT2D eigenvalue weighted by atomic mass is 35.5. The van der Waals surface area contributed by atoms with Crippen molar-refractivity contribution in [3.8, 4) is 0 Å². The van der Waals surface area contributed by atoms with Gasteiger partial charge in [0.05, 0.1) is 5.41 Å². The molecule has 1 saturated heterocycles. The van der Waals surface area contributed by atoms with Crippen molar-refractivity contribution in [2.45, 2.75) is 64.5 Å². The lowest BCUT2D eigenvalue weighted by Gasteiger charge is -2.38. The molecule has 196 valence electrons. The highest BCUT2D eigenvalue weighted by Crippen LogP contribution is 2.47. The van der Waals surface area contributed by atoms with E-state index in [2.05, 4.69) is 34.1 Å². The number of amides is 2. The van der Waals surface area contributed by atoms with Gasteiger partial charge >= 0.3 is 0 Å². The number of azide groups is 1. The fraction of sp³-hybridized carbons (Fsp3) is 0.500. The van der Waals surface area contributed by atoms with E-state index in [1.54, 1.807) is 12.1 Å². The first kappa shape index (κ1) is 27.1. The molecule has 2 atom stereocenters. The third-order valence-corrected chi connectivity index (χ3v) is 8.58. The Bertz CT molecular complexity index is 1190. The fourth-order valence-corrected chi connectivity index (χ4v) is 6.24. The number of hydrogen-bond donors (Lipinski definition) is 1. The zero-order valence-corrected chi connectivity index (χ0v) is 22.0. The van der Waals surface area contributed by atoms with Gasteiger partial charge in [0, 0.05) is 28.1 Å². The van der Waals surface area contributed by atoms with E-state index in [0.717, 1.165) is 45.2 Å². The molecule has 2 aromatic rings. The first-order valence-electron chi connectivity index (χ1n) is 12.9. The summed E-state index contributed by atoms with van der Waals surface area (Å²) in [6, 6.07) is 11.9. The van der Waals surface area contributed by atoms with Crippen molar-refractivity contribution in [2.24, 2.45) is 16.4 Å². The number of benzene rings is 2. The molecule has 1 N–H and O–H groups in total. The SMILES string of the molecule is CC(C)C1(C(=O)NCc2cc(Cl)ccc2C(=O)N=[N+]=[N-])CCC(N2CCC(c3ccc(F)cc3)CC2)C1. The van der Waals surface area contributed by atoms with Crippen LogP contribution in [0.15, 0.2) is 47.6 Å². The van der Waals surface area contributed by atoms with Gasteiger partial charge < -0.3 is 10.2 Å². The van der Waals surface area contributed by atoms with Gasteiger partial charge in [0.2, 0.25) is 11.8 Å². The van der Waals surface area contributed by atoms with Gasteiger partial charge in [-0.25, -0.2) is 4.39 Å². The number of carbonyl (C=O) groups is 2. The van der Waals surface area contributed by atoms with Crippen LogP contribution in [0.5, 0.6) is 0 Å². The molecule has 9 heteroatoms. The number of carbonyl (C=O) groups excluding carboxylic acids is 2. The van der Waals surface area contributed by atoms with Gasteiger partial charge in [-0.05, 0) is 109 Å². The third kappa shape index (κ3) is 5.98. The summed E-state index contributed by atoms with van der Waals surface area (Å²) >= 11 is 6.13. The number of piperidine rings is 1. The van der Waals surface area contributed by atoms with Gasteiger partial charge in [-0.3, -0.25) is 9.59 Å². The molecule has 1 saturated carbocycles. The number of hydrogen-bond acceptors (Lipinski definition) is 3. The van der Waals surface area contributed by atoms with Crippen molar-refractivity contribution in [2.75, 3.05) is 13.1 Å². The van der Waals surface area contributed by atoms with Gasteiger partial charge in [0.15, 0.2) is 0 Å². The van der Waals surface area contributed by atoms with Crippen molar-refractivity contribution in [3.05, 3.63) is 80.4 Å². The zero-order valence-electron chi connectivity index (χ0n) is 21.3. The average Bonchev–Trinajstić information content (AvgIpc) is 3.35. The molecule has 37 heavy (non-hydrogen) atoms. The Labute approximate surface area is 222 Å². The Morgan fingerprint density at radius 1 is 1.19 bits per heavy atom. The Kier molecular flexibility index (Phi) is 8.53. The Morgan fingerprint density at radius 2 is 1.89 bits per heavy atom. The summed E-state index contributed by atoms with van der Waals surface area (Å²) in [6.45, 7) is 6.26. The molecule has 0 bridgehead atoms. The van der Waals surface area contributed by atoms with E-state index in [1.807, 2.05) is 12.1 Å². The number of nitrogens with one attached hydrogen (secondary N) is 1. The molecule has 2 amide bonds. The second kappa shape index (κ2) is 11.6. The maximum atomic E-state index is 13.6. The second-order valence-corrected chi connectivity index (χ2v) is 11.0. The largest absolute Gasteiger partial charge is 0.352 e. The van der Waals surface area contributed by atoms with Crippen LogP contribution >= 0.6 is 11.6 Å². The Morgan fingerprint density at radius 3 is 2.54 bits per heavy atom. The van der Waals surface area contributed by atoms with Crippen LogP contribution < -0.4 is 5.32 Å².